The first-order chi connectivity index (χ1) is 8.59. The molecule has 0 amide bonds. The molecule has 0 aliphatic rings. The summed E-state index contributed by atoms with van der Waals surface area (Å²) in [6.45, 7) is 4.21. The second-order valence-electron chi connectivity index (χ2n) is 3.59. The summed E-state index contributed by atoms with van der Waals surface area (Å²) in [5, 5.41) is 0. The highest BCUT2D eigenvalue weighted by Crippen LogP contribution is 2.47. The van der Waals surface area contributed by atoms with Gasteiger partial charge in [0.05, 0.1) is 19.4 Å². The lowest BCUT2D eigenvalue weighted by molar-refractivity contribution is 0.222. The Morgan fingerprint density at radius 2 is 1.94 bits per heavy atom. The topological polar surface area (TPSA) is 35.5 Å². The first kappa shape index (κ1) is 15.1. The van der Waals surface area contributed by atoms with E-state index in [1.807, 2.05) is 0 Å². The van der Waals surface area contributed by atoms with Gasteiger partial charge in [-0.25, -0.2) is 4.39 Å². The van der Waals surface area contributed by atoms with Gasteiger partial charge in [-0.3, -0.25) is 4.57 Å². The highest BCUT2D eigenvalue weighted by atomic mass is 31.2. The van der Waals surface area contributed by atoms with Crippen LogP contribution in [0.5, 0.6) is 0 Å². The highest BCUT2D eigenvalue weighted by molar-refractivity contribution is 7.54. The van der Waals surface area contributed by atoms with Gasteiger partial charge in [-0.05, 0) is 31.5 Å². The van der Waals surface area contributed by atoms with Crippen molar-refractivity contribution in [3.63, 3.8) is 0 Å². The molecule has 5 heteroatoms. The number of rotatable bonds is 7. The summed E-state index contributed by atoms with van der Waals surface area (Å²) >= 11 is 0. The minimum Gasteiger partial charge on any atom is -0.309 e. The van der Waals surface area contributed by atoms with E-state index in [2.05, 4.69) is 0 Å². The normalized spacial score (nSPS) is 12.2. The van der Waals surface area contributed by atoms with Crippen molar-refractivity contribution in [2.45, 2.75) is 13.8 Å². The van der Waals surface area contributed by atoms with Crippen LogP contribution in [0.15, 0.2) is 30.3 Å². The maximum Gasteiger partial charge on any atom is 0.334 e. The Hall–Kier alpha value is -0.960. The van der Waals surface area contributed by atoms with Crippen molar-refractivity contribution in [2.75, 3.05) is 19.4 Å². The maximum absolute atomic E-state index is 12.9. The third-order valence-corrected chi connectivity index (χ3v) is 4.10. The first-order valence-electron chi connectivity index (χ1n) is 5.90. The molecule has 0 unspecified atom stereocenters. The fourth-order valence-corrected chi connectivity index (χ4v) is 2.90. The van der Waals surface area contributed by atoms with Crippen molar-refractivity contribution < 1.29 is 18.0 Å². The molecule has 1 rings (SSSR count). The monoisotopic (exact) mass is 272 g/mol. The standard InChI is InChI=1S/C13H18FO3P/c1-3-16-18(15,17-4-2)10-6-8-12-7-5-9-13(14)11-12/h5-9,11H,3-4,10H2,1-2H3. The van der Waals surface area contributed by atoms with E-state index in [1.54, 1.807) is 38.1 Å². The van der Waals surface area contributed by atoms with Crippen molar-refractivity contribution in [1.82, 2.24) is 0 Å². The molecule has 0 radical (unpaired) electrons. The summed E-state index contributed by atoms with van der Waals surface area (Å²) in [7, 11) is -3.05. The molecule has 1 aromatic carbocycles. The van der Waals surface area contributed by atoms with Crippen molar-refractivity contribution in [3.8, 4) is 0 Å². The van der Waals surface area contributed by atoms with Crippen molar-refractivity contribution >= 4 is 13.7 Å². The van der Waals surface area contributed by atoms with Gasteiger partial charge in [0, 0.05) is 0 Å². The van der Waals surface area contributed by atoms with Gasteiger partial charge in [0.1, 0.15) is 5.82 Å². The fourth-order valence-electron chi connectivity index (χ4n) is 1.46. The lowest BCUT2D eigenvalue weighted by atomic mass is 10.2. The van der Waals surface area contributed by atoms with Gasteiger partial charge in [-0.1, -0.05) is 24.3 Å². The third-order valence-electron chi connectivity index (χ3n) is 2.14. The predicted molar refractivity (Wildman–Crippen MR) is 71.2 cm³/mol. The van der Waals surface area contributed by atoms with Crippen molar-refractivity contribution in [2.24, 2.45) is 0 Å². The molecular formula is C13H18FO3P. The van der Waals surface area contributed by atoms with Crippen LogP contribution in [0, 0.1) is 5.82 Å². The number of hydrogen-bond donors (Lipinski definition) is 0. The van der Waals surface area contributed by atoms with Crippen LogP contribution in [0.4, 0.5) is 4.39 Å². The van der Waals surface area contributed by atoms with Gasteiger partial charge in [0.2, 0.25) is 0 Å². The van der Waals surface area contributed by atoms with E-state index >= 15 is 0 Å². The molecule has 0 aromatic heterocycles. The van der Waals surface area contributed by atoms with E-state index in [0.29, 0.717) is 13.2 Å². The van der Waals surface area contributed by atoms with Crippen LogP contribution in [0.3, 0.4) is 0 Å². The Labute approximate surface area is 107 Å². The number of allylic oxidation sites excluding steroid dienone is 1. The minimum absolute atomic E-state index is 0.186. The van der Waals surface area contributed by atoms with Gasteiger partial charge in [-0.15, -0.1) is 0 Å². The molecule has 0 aliphatic heterocycles. The summed E-state index contributed by atoms with van der Waals surface area (Å²) in [5.41, 5.74) is 0.717. The second kappa shape index (κ2) is 7.47. The molecule has 0 aliphatic carbocycles. The zero-order valence-electron chi connectivity index (χ0n) is 10.6. The van der Waals surface area contributed by atoms with Gasteiger partial charge < -0.3 is 9.05 Å². The average Bonchev–Trinajstić information content (AvgIpc) is 2.29. The molecule has 3 nitrogen and oxygen atoms in total. The van der Waals surface area contributed by atoms with Crippen LogP contribution in [0.25, 0.3) is 6.08 Å². The van der Waals surface area contributed by atoms with Gasteiger partial charge in [-0.2, -0.15) is 0 Å². The molecule has 0 saturated carbocycles. The lowest BCUT2D eigenvalue weighted by Gasteiger charge is -2.14. The SMILES string of the molecule is CCOP(=O)(CC=Cc1cccc(F)c1)OCC. The Bertz CT molecular complexity index is 436. The number of halogens is 1. The molecule has 0 N–H and O–H groups in total. The molecule has 0 atom stereocenters. The molecular weight excluding hydrogens is 254 g/mol. The largest absolute Gasteiger partial charge is 0.334 e. The maximum atomic E-state index is 12.9. The molecule has 0 bridgehead atoms. The summed E-state index contributed by atoms with van der Waals surface area (Å²) in [6, 6.07) is 6.18. The quantitative estimate of drug-likeness (QED) is 0.701. The molecule has 18 heavy (non-hydrogen) atoms. The fraction of sp³-hybridized carbons (Fsp3) is 0.385. The molecule has 0 fully saturated rings. The predicted octanol–water partition coefficient (Wildman–Crippen LogP) is 4.11. The zero-order chi connectivity index (χ0) is 13.4. The van der Waals surface area contributed by atoms with E-state index < -0.39 is 7.60 Å². The van der Waals surface area contributed by atoms with E-state index in [9.17, 15) is 8.96 Å². The van der Waals surface area contributed by atoms with Crippen LogP contribution < -0.4 is 0 Å². The summed E-state index contributed by atoms with van der Waals surface area (Å²) in [6.07, 6.45) is 3.57. The van der Waals surface area contributed by atoms with E-state index in [0.717, 1.165) is 5.56 Å². The van der Waals surface area contributed by atoms with Crippen molar-refractivity contribution in [1.29, 1.82) is 0 Å². The Morgan fingerprint density at radius 3 is 2.50 bits per heavy atom. The van der Waals surface area contributed by atoms with Gasteiger partial charge in [0.25, 0.3) is 0 Å². The Kier molecular flexibility index (Phi) is 6.27. The molecule has 1 aromatic rings. The van der Waals surface area contributed by atoms with Gasteiger partial charge in [0.15, 0.2) is 0 Å². The van der Waals surface area contributed by atoms with E-state index in [4.69, 9.17) is 9.05 Å². The molecule has 0 saturated heterocycles. The van der Waals surface area contributed by atoms with E-state index in [1.165, 1.54) is 12.1 Å². The van der Waals surface area contributed by atoms with Crippen LogP contribution in [-0.4, -0.2) is 19.4 Å². The third kappa shape index (κ3) is 5.13. The summed E-state index contributed by atoms with van der Waals surface area (Å²) in [4.78, 5) is 0. The summed E-state index contributed by atoms with van der Waals surface area (Å²) in [5.74, 6) is -0.296. The van der Waals surface area contributed by atoms with Gasteiger partial charge >= 0.3 is 7.60 Å². The lowest BCUT2D eigenvalue weighted by Crippen LogP contribution is -1.98. The highest BCUT2D eigenvalue weighted by Gasteiger charge is 2.20. The van der Waals surface area contributed by atoms with Crippen LogP contribution in [-0.2, 0) is 13.6 Å². The Morgan fingerprint density at radius 1 is 1.28 bits per heavy atom. The average molecular weight is 272 g/mol. The smallest absolute Gasteiger partial charge is 0.309 e. The molecule has 100 valence electrons. The second-order valence-corrected chi connectivity index (χ2v) is 5.69. The van der Waals surface area contributed by atoms with Crippen LogP contribution in [0.2, 0.25) is 0 Å². The number of benzene rings is 1. The molecule has 0 spiro atoms. The first-order valence-corrected chi connectivity index (χ1v) is 7.62. The number of hydrogen-bond acceptors (Lipinski definition) is 3. The Balaban J connectivity index is 2.64. The summed E-state index contributed by atoms with van der Waals surface area (Å²) < 4.78 is 35.3. The minimum atomic E-state index is -3.05. The van der Waals surface area contributed by atoms with Crippen LogP contribution >= 0.6 is 7.60 Å². The van der Waals surface area contributed by atoms with E-state index in [-0.39, 0.29) is 12.0 Å². The zero-order valence-corrected chi connectivity index (χ0v) is 11.5. The van der Waals surface area contributed by atoms with Crippen LogP contribution in [0.1, 0.15) is 19.4 Å². The molecule has 0 heterocycles. The van der Waals surface area contributed by atoms with Crippen molar-refractivity contribution in [3.05, 3.63) is 41.7 Å².